The number of carbonyl (C=O) groups excluding carboxylic acids is 3. The molecule has 0 bridgehead atoms. The van der Waals surface area contributed by atoms with E-state index in [1.165, 1.54) is 17.5 Å². The Labute approximate surface area is 209 Å². The number of aryl methyl sites for hydroxylation is 1. The number of amidine groups is 1. The van der Waals surface area contributed by atoms with Crippen molar-refractivity contribution >= 4 is 34.5 Å². The first-order valence-electron chi connectivity index (χ1n) is 11.5. The summed E-state index contributed by atoms with van der Waals surface area (Å²) >= 11 is 0. The number of nitrogens with zero attached hydrogens (tertiary/aromatic N) is 3. The topological polar surface area (TPSA) is 129 Å². The van der Waals surface area contributed by atoms with Gasteiger partial charge in [-0.1, -0.05) is 18.2 Å². The molecular formula is C24H25F3N6O4. The van der Waals surface area contributed by atoms with Crippen LogP contribution in [0.3, 0.4) is 0 Å². The molecule has 2 aromatic rings. The van der Waals surface area contributed by atoms with Crippen LogP contribution in [0, 0.1) is 5.41 Å². The van der Waals surface area contributed by atoms with Crippen LogP contribution in [-0.2, 0) is 21.4 Å². The summed E-state index contributed by atoms with van der Waals surface area (Å²) < 4.78 is 44.4. The zero-order valence-corrected chi connectivity index (χ0v) is 19.9. The van der Waals surface area contributed by atoms with E-state index in [-0.39, 0.29) is 37.5 Å². The van der Waals surface area contributed by atoms with E-state index in [1.54, 1.807) is 35.0 Å². The van der Waals surface area contributed by atoms with Crippen LogP contribution in [-0.4, -0.2) is 76.8 Å². The molecule has 3 amide bonds. The van der Waals surface area contributed by atoms with Gasteiger partial charge < -0.3 is 20.3 Å². The average molecular weight is 518 g/mol. The molecule has 2 heterocycles. The second kappa shape index (κ2) is 10.5. The van der Waals surface area contributed by atoms with E-state index in [4.69, 9.17) is 10.1 Å². The molecule has 1 aromatic carbocycles. The summed E-state index contributed by atoms with van der Waals surface area (Å²) in [5.74, 6) is -3.46. The van der Waals surface area contributed by atoms with Crippen LogP contribution in [0.1, 0.15) is 23.2 Å². The zero-order valence-electron chi connectivity index (χ0n) is 19.9. The maximum Gasteiger partial charge on any atom is 0.471 e. The predicted octanol–water partition coefficient (Wildman–Crippen LogP) is 1.83. The number of ether oxygens (including phenoxy) is 1. The highest BCUT2D eigenvalue weighted by molar-refractivity contribution is 6.08. The van der Waals surface area contributed by atoms with Crippen molar-refractivity contribution in [2.45, 2.75) is 25.1 Å². The summed E-state index contributed by atoms with van der Waals surface area (Å²) in [4.78, 5) is 38.8. The maximum absolute atomic E-state index is 13.4. The van der Waals surface area contributed by atoms with Gasteiger partial charge >= 0.3 is 12.1 Å². The van der Waals surface area contributed by atoms with Crippen molar-refractivity contribution in [3.63, 3.8) is 0 Å². The number of fused-ring (bicyclic) bond motifs is 1. The molecule has 1 aliphatic carbocycles. The van der Waals surface area contributed by atoms with Gasteiger partial charge in [-0.25, -0.2) is 0 Å². The summed E-state index contributed by atoms with van der Waals surface area (Å²) in [5, 5.41) is 17.1. The van der Waals surface area contributed by atoms with E-state index in [9.17, 15) is 27.6 Å². The van der Waals surface area contributed by atoms with Gasteiger partial charge in [-0.3, -0.25) is 24.5 Å². The predicted molar refractivity (Wildman–Crippen MR) is 127 cm³/mol. The normalized spacial score (nSPS) is 18.2. The van der Waals surface area contributed by atoms with Crippen molar-refractivity contribution < 1.29 is 32.3 Å². The van der Waals surface area contributed by atoms with Gasteiger partial charge in [-0.05, 0) is 30.5 Å². The van der Waals surface area contributed by atoms with Gasteiger partial charge in [0.25, 0.3) is 5.91 Å². The summed E-state index contributed by atoms with van der Waals surface area (Å²) in [7, 11) is 1.78. The van der Waals surface area contributed by atoms with Crippen molar-refractivity contribution in [3.05, 3.63) is 53.3 Å². The van der Waals surface area contributed by atoms with Crippen molar-refractivity contribution in [1.82, 2.24) is 25.3 Å². The van der Waals surface area contributed by atoms with E-state index < -0.39 is 29.9 Å². The number of allylic oxidation sites excluding steroid dienone is 2. The van der Waals surface area contributed by atoms with Crippen molar-refractivity contribution in [2.24, 2.45) is 7.05 Å². The Hall–Kier alpha value is -4.00. The molecular weight excluding hydrogens is 493 g/mol. The SMILES string of the molecule is Cn1cc2c(C(=O)N3CCOCC3CNC(=O)C3=CC=C(C(=N)NC(=O)C(F)(F)F)CC3)cccc2n1. The van der Waals surface area contributed by atoms with Gasteiger partial charge in [0.15, 0.2) is 0 Å². The van der Waals surface area contributed by atoms with E-state index >= 15 is 0 Å². The number of rotatable bonds is 5. The lowest BCUT2D eigenvalue weighted by Gasteiger charge is -2.36. The molecule has 1 aliphatic heterocycles. The number of morpholine rings is 1. The first-order valence-corrected chi connectivity index (χ1v) is 11.5. The van der Waals surface area contributed by atoms with Crippen LogP contribution in [0.25, 0.3) is 10.9 Å². The lowest BCUT2D eigenvalue weighted by Crippen LogP contribution is -2.53. The second-order valence-corrected chi connectivity index (χ2v) is 8.69. The standard InChI is InChI=1S/C24H25F3N6O4/c1-32-12-18-17(3-2-4-19(18)31-32)22(35)33-9-10-37-13-16(33)11-29-21(34)15-7-5-14(6-8-15)20(28)30-23(36)24(25,26)27/h2-5,7,12,16H,6,8-11,13H2,1H3,(H,29,34)(H2,28,30,36). The summed E-state index contributed by atoms with van der Waals surface area (Å²) in [6.45, 7) is 1.11. The third-order valence-corrected chi connectivity index (χ3v) is 6.14. The average Bonchev–Trinajstić information content (AvgIpc) is 3.26. The number of amides is 3. The van der Waals surface area contributed by atoms with Gasteiger partial charge in [0, 0.05) is 37.3 Å². The highest BCUT2D eigenvalue weighted by atomic mass is 19.4. The number of halogens is 3. The second-order valence-electron chi connectivity index (χ2n) is 8.69. The third-order valence-electron chi connectivity index (χ3n) is 6.14. The molecule has 1 unspecified atom stereocenters. The number of benzene rings is 1. The molecule has 1 atom stereocenters. The molecule has 1 fully saturated rings. The number of hydrogen-bond donors (Lipinski definition) is 3. The molecule has 1 aromatic heterocycles. The van der Waals surface area contributed by atoms with Crippen LogP contribution >= 0.6 is 0 Å². The smallest absolute Gasteiger partial charge is 0.377 e. The van der Waals surface area contributed by atoms with Gasteiger partial charge in [-0.15, -0.1) is 0 Å². The highest BCUT2D eigenvalue weighted by Gasteiger charge is 2.39. The molecule has 10 nitrogen and oxygen atoms in total. The molecule has 37 heavy (non-hydrogen) atoms. The molecule has 13 heteroatoms. The monoisotopic (exact) mass is 518 g/mol. The first-order chi connectivity index (χ1) is 17.5. The largest absolute Gasteiger partial charge is 0.471 e. The van der Waals surface area contributed by atoms with Crippen LogP contribution in [0.15, 0.2) is 47.7 Å². The van der Waals surface area contributed by atoms with Crippen molar-refractivity contribution in [2.75, 3.05) is 26.3 Å². The molecule has 0 radical (unpaired) electrons. The Morgan fingerprint density at radius 1 is 1.19 bits per heavy atom. The fraction of sp³-hybridized carbons (Fsp3) is 0.375. The molecule has 2 aliphatic rings. The number of alkyl halides is 3. The maximum atomic E-state index is 13.4. The molecule has 4 rings (SSSR count). The number of nitrogens with one attached hydrogen (secondary N) is 3. The van der Waals surface area contributed by atoms with E-state index in [0.29, 0.717) is 29.8 Å². The quantitative estimate of drug-likeness (QED) is 0.411. The Morgan fingerprint density at radius 2 is 1.92 bits per heavy atom. The van der Waals surface area contributed by atoms with E-state index in [1.807, 2.05) is 6.07 Å². The minimum atomic E-state index is -5.09. The highest BCUT2D eigenvalue weighted by Crippen LogP contribution is 2.22. The Kier molecular flexibility index (Phi) is 7.43. The lowest BCUT2D eigenvalue weighted by atomic mass is 9.97. The van der Waals surface area contributed by atoms with Gasteiger partial charge in [-0.2, -0.15) is 18.3 Å². The molecule has 0 saturated carbocycles. The van der Waals surface area contributed by atoms with Crippen LogP contribution in [0.5, 0.6) is 0 Å². The fourth-order valence-corrected chi connectivity index (χ4v) is 4.22. The van der Waals surface area contributed by atoms with Crippen LogP contribution in [0.2, 0.25) is 0 Å². The van der Waals surface area contributed by atoms with Crippen molar-refractivity contribution in [3.8, 4) is 0 Å². The number of hydrogen-bond acceptors (Lipinski definition) is 6. The van der Waals surface area contributed by atoms with Gasteiger partial charge in [0.05, 0.1) is 30.3 Å². The molecule has 3 N–H and O–H groups in total. The Bertz CT molecular complexity index is 1310. The summed E-state index contributed by atoms with van der Waals surface area (Å²) in [6, 6.07) is 4.93. The zero-order chi connectivity index (χ0) is 26.7. The molecule has 196 valence electrons. The Morgan fingerprint density at radius 3 is 2.62 bits per heavy atom. The lowest BCUT2D eigenvalue weighted by molar-refractivity contribution is -0.171. The minimum absolute atomic E-state index is 0.114. The molecule has 1 saturated heterocycles. The number of carbonyl (C=O) groups is 3. The number of aromatic nitrogens is 2. The Balaban J connectivity index is 1.39. The van der Waals surface area contributed by atoms with Gasteiger partial charge in [0.2, 0.25) is 5.91 Å². The first kappa shape index (κ1) is 26.1. The molecule has 0 spiro atoms. The van der Waals surface area contributed by atoms with E-state index in [2.05, 4.69) is 10.4 Å². The minimum Gasteiger partial charge on any atom is -0.377 e. The summed E-state index contributed by atoms with van der Waals surface area (Å²) in [5.41, 5.74) is 1.76. The van der Waals surface area contributed by atoms with E-state index in [0.717, 1.165) is 5.39 Å². The summed E-state index contributed by atoms with van der Waals surface area (Å²) in [6.07, 6.45) is -0.273. The van der Waals surface area contributed by atoms with Gasteiger partial charge in [0.1, 0.15) is 5.84 Å². The fourth-order valence-electron chi connectivity index (χ4n) is 4.22. The van der Waals surface area contributed by atoms with Crippen LogP contribution in [0.4, 0.5) is 13.2 Å². The van der Waals surface area contributed by atoms with Crippen LogP contribution < -0.4 is 10.6 Å². The third kappa shape index (κ3) is 5.88. The van der Waals surface area contributed by atoms with Crippen molar-refractivity contribution in [1.29, 1.82) is 5.41 Å².